The number of aromatic nitrogens is 3. The van der Waals surface area contributed by atoms with Gasteiger partial charge in [0.2, 0.25) is 5.91 Å². The quantitative estimate of drug-likeness (QED) is 0.0983. The molecule has 5 saturated heterocycles. The summed E-state index contributed by atoms with van der Waals surface area (Å²) >= 11 is 0. The molecule has 65 heavy (non-hydrogen) atoms. The molecule has 5 aromatic rings. The van der Waals surface area contributed by atoms with Gasteiger partial charge in [0.05, 0.1) is 17.6 Å². The molecule has 2 bridgehead atoms. The van der Waals surface area contributed by atoms with Gasteiger partial charge in [-0.1, -0.05) is 24.1 Å². The van der Waals surface area contributed by atoms with Gasteiger partial charge in [0.25, 0.3) is 0 Å². The van der Waals surface area contributed by atoms with Crippen molar-refractivity contribution in [2.45, 2.75) is 69.4 Å². The van der Waals surface area contributed by atoms with Crippen molar-refractivity contribution in [2.75, 3.05) is 75.3 Å². The summed E-state index contributed by atoms with van der Waals surface area (Å²) in [6, 6.07) is 14.1. The second-order valence-corrected chi connectivity index (χ2v) is 19.3. The standard InChI is InChI=1S/C50H53F2N9O4/c1-2-38-41(51)9-6-33-21-37(62)22-39(43(33)38)45-44(52)46-40(23-53-45)47(60-25-34-7-8-35(26-60)54-34)57-48(56-46)65-29-50(14-15-50)28-59-16-10-30(11-17-59)24-58-18-12-31(13-19-58)32-4-3-5-36(20-32)61-27-42(63)55-49(61)64/h1,3-6,9,20-23,30-31,34-35,54,62H,7-8,10-19,24-29H2,(H,55,63,64). The van der Waals surface area contributed by atoms with E-state index in [0.29, 0.717) is 60.2 Å². The Balaban J connectivity index is 0.752. The van der Waals surface area contributed by atoms with E-state index in [0.717, 1.165) is 96.3 Å². The molecular weight excluding hydrogens is 829 g/mol. The van der Waals surface area contributed by atoms with Gasteiger partial charge in [-0.3, -0.25) is 20.0 Å². The molecule has 2 aromatic heterocycles. The molecule has 1 saturated carbocycles. The van der Waals surface area contributed by atoms with Crippen LogP contribution in [0.2, 0.25) is 0 Å². The average Bonchev–Trinajstić information content (AvgIpc) is 3.87. The first-order chi connectivity index (χ1) is 31.6. The number of carbonyl (C=O) groups is 2. The molecule has 6 aliphatic rings. The highest BCUT2D eigenvalue weighted by Gasteiger charge is 2.46. The Kier molecular flexibility index (Phi) is 10.8. The molecule has 2 unspecified atom stereocenters. The number of rotatable bonds is 11. The molecular formula is C50H53F2N9O4. The second kappa shape index (κ2) is 16.8. The first kappa shape index (κ1) is 41.7. The van der Waals surface area contributed by atoms with Crippen LogP contribution in [0.1, 0.15) is 68.4 Å². The zero-order valence-corrected chi connectivity index (χ0v) is 36.4. The van der Waals surface area contributed by atoms with Gasteiger partial charge in [-0.05, 0) is 131 Å². The molecule has 3 amide bonds. The lowest BCUT2D eigenvalue weighted by molar-refractivity contribution is -0.117. The van der Waals surface area contributed by atoms with Crippen LogP contribution in [0, 0.1) is 35.3 Å². The molecule has 13 nitrogen and oxygen atoms in total. The minimum Gasteiger partial charge on any atom is -0.508 e. The predicted molar refractivity (Wildman–Crippen MR) is 244 cm³/mol. The van der Waals surface area contributed by atoms with Crippen LogP contribution >= 0.6 is 0 Å². The number of aromatic hydroxyl groups is 1. The van der Waals surface area contributed by atoms with Crippen LogP contribution < -0.4 is 25.2 Å². The number of phenolic OH excluding ortho intramolecular Hbond substituents is 1. The van der Waals surface area contributed by atoms with Crippen molar-refractivity contribution < 1.29 is 28.2 Å². The van der Waals surface area contributed by atoms with Gasteiger partial charge in [-0.15, -0.1) is 6.42 Å². The lowest BCUT2D eigenvalue weighted by atomic mass is 9.88. The van der Waals surface area contributed by atoms with Gasteiger partial charge >= 0.3 is 12.0 Å². The Morgan fingerprint density at radius 3 is 2.42 bits per heavy atom. The smallest absolute Gasteiger partial charge is 0.329 e. The molecule has 0 spiro atoms. The Labute approximate surface area is 376 Å². The summed E-state index contributed by atoms with van der Waals surface area (Å²) in [4.78, 5) is 47.1. The van der Waals surface area contributed by atoms with E-state index in [-0.39, 0.29) is 63.4 Å². The fourth-order valence-electron chi connectivity index (χ4n) is 11.2. The van der Waals surface area contributed by atoms with Gasteiger partial charge in [-0.2, -0.15) is 9.97 Å². The molecule has 2 atom stereocenters. The van der Waals surface area contributed by atoms with Crippen molar-refractivity contribution in [1.82, 2.24) is 35.4 Å². The van der Waals surface area contributed by atoms with Gasteiger partial charge in [0.1, 0.15) is 35.1 Å². The summed E-state index contributed by atoms with van der Waals surface area (Å²) < 4.78 is 38.6. The van der Waals surface area contributed by atoms with E-state index < -0.39 is 11.6 Å². The zero-order valence-electron chi connectivity index (χ0n) is 36.4. The summed E-state index contributed by atoms with van der Waals surface area (Å²) in [5, 5.41) is 17.9. The molecule has 3 N–H and O–H groups in total. The Hall–Kier alpha value is -5.95. The summed E-state index contributed by atoms with van der Waals surface area (Å²) in [5.41, 5.74) is 2.08. The molecule has 11 rings (SSSR count). The number of piperidine rings is 2. The number of nitrogens with zero attached hydrogens (tertiary/aromatic N) is 7. The van der Waals surface area contributed by atoms with Crippen LogP contribution in [0.25, 0.3) is 32.9 Å². The number of terminal acetylenes is 1. The molecule has 3 aromatic carbocycles. The van der Waals surface area contributed by atoms with Crippen molar-refractivity contribution in [2.24, 2.45) is 11.3 Å². The van der Waals surface area contributed by atoms with E-state index in [1.54, 1.807) is 6.20 Å². The van der Waals surface area contributed by atoms with Crippen molar-refractivity contribution in [3.05, 3.63) is 77.5 Å². The van der Waals surface area contributed by atoms with Crippen molar-refractivity contribution in [1.29, 1.82) is 0 Å². The van der Waals surface area contributed by atoms with E-state index in [4.69, 9.17) is 21.1 Å². The topological polar surface area (TPSA) is 139 Å². The number of ether oxygens (including phenoxy) is 1. The fourth-order valence-corrected chi connectivity index (χ4v) is 11.2. The number of imide groups is 1. The van der Waals surface area contributed by atoms with Gasteiger partial charge < -0.3 is 29.9 Å². The average molecular weight is 882 g/mol. The van der Waals surface area contributed by atoms with Crippen LogP contribution in [0.4, 0.5) is 25.1 Å². The molecule has 0 radical (unpaired) electrons. The molecule has 15 heteroatoms. The molecule has 1 aliphatic carbocycles. The fraction of sp³-hybridized carbons (Fsp3) is 0.460. The zero-order chi connectivity index (χ0) is 44.4. The maximum Gasteiger partial charge on any atom is 0.329 e. The molecule has 6 fully saturated rings. The van der Waals surface area contributed by atoms with E-state index in [9.17, 15) is 14.7 Å². The van der Waals surface area contributed by atoms with Gasteiger partial charge in [0, 0.05) is 66.5 Å². The Bertz CT molecular complexity index is 2730. The summed E-state index contributed by atoms with van der Waals surface area (Å²) in [7, 11) is 0. The number of amides is 3. The highest BCUT2D eigenvalue weighted by Crippen LogP contribution is 2.47. The first-order valence-corrected chi connectivity index (χ1v) is 23.2. The number of phenols is 1. The van der Waals surface area contributed by atoms with E-state index >= 15 is 8.78 Å². The molecule has 5 aliphatic heterocycles. The first-order valence-electron chi connectivity index (χ1n) is 23.2. The third-order valence-corrected chi connectivity index (χ3v) is 14.9. The number of hydrogen-bond acceptors (Lipinski definition) is 11. The van der Waals surface area contributed by atoms with E-state index in [2.05, 4.69) is 48.4 Å². The number of carbonyl (C=O) groups excluding carboxylic acids is 2. The lowest BCUT2D eigenvalue weighted by Crippen LogP contribution is -2.51. The highest BCUT2D eigenvalue weighted by atomic mass is 19.1. The number of fused-ring (bicyclic) bond motifs is 4. The minimum absolute atomic E-state index is 0.0229. The highest BCUT2D eigenvalue weighted by molar-refractivity contribution is 6.12. The minimum atomic E-state index is -0.722. The lowest BCUT2D eigenvalue weighted by Gasteiger charge is -2.38. The summed E-state index contributed by atoms with van der Waals surface area (Å²) in [6.45, 7) is 8.14. The summed E-state index contributed by atoms with van der Waals surface area (Å²) in [6.07, 6.45) is 16.0. The Morgan fingerprint density at radius 1 is 0.923 bits per heavy atom. The van der Waals surface area contributed by atoms with Crippen LogP contribution in [0.5, 0.6) is 11.8 Å². The normalized spacial score (nSPS) is 22.8. The maximum absolute atomic E-state index is 17.1. The monoisotopic (exact) mass is 881 g/mol. The number of halogens is 2. The van der Waals surface area contributed by atoms with Crippen LogP contribution in [0.15, 0.2) is 54.7 Å². The van der Waals surface area contributed by atoms with Crippen LogP contribution in [-0.4, -0.2) is 119 Å². The third-order valence-electron chi connectivity index (χ3n) is 14.9. The molecule has 7 heterocycles. The SMILES string of the molecule is C#Cc1c(F)ccc2cc(O)cc(-c3ncc4c(N5CC6CCC(C5)N6)nc(OCC5(CN6CCC(CN7CCC(c8cccc(N9CC(=O)NC9=O)c8)CC7)CC6)CC5)nc4c3F)c12. The number of urea groups is 1. The number of piperazine rings is 1. The maximum atomic E-state index is 17.1. The largest absolute Gasteiger partial charge is 0.508 e. The number of hydrogen-bond donors (Lipinski definition) is 3. The molecule has 336 valence electrons. The van der Waals surface area contributed by atoms with Crippen LogP contribution in [-0.2, 0) is 4.79 Å². The van der Waals surface area contributed by atoms with E-state index in [1.165, 1.54) is 34.7 Å². The third kappa shape index (κ3) is 8.21. The number of benzene rings is 3. The van der Waals surface area contributed by atoms with Gasteiger partial charge in [-0.25, -0.2) is 13.6 Å². The number of pyridine rings is 1. The second-order valence-electron chi connectivity index (χ2n) is 19.3. The summed E-state index contributed by atoms with van der Waals surface area (Å²) in [5.74, 6) is 2.34. The van der Waals surface area contributed by atoms with Crippen molar-refractivity contribution in [3.63, 3.8) is 0 Å². The van der Waals surface area contributed by atoms with E-state index in [1.807, 2.05) is 12.1 Å². The van der Waals surface area contributed by atoms with Crippen molar-refractivity contribution in [3.8, 4) is 35.4 Å². The number of likely N-dealkylation sites (tertiary alicyclic amines) is 2. The Morgan fingerprint density at radius 2 is 1.69 bits per heavy atom. The van der Waals surface area contributed by atoms with Crippen LogP contribution in [0.3, 0.4) is 0 Å². The number of anilines is 2. The van der Waals surface area contributed by atoms with Gasteiger partial charge in [0.15, 0.2) is 5.82 Å². The predicted octanol–water partition coefficient (Wildman–Crippen LogP) is 6.56. The van der Waals surface area contributed by atoms with Crippen molar-refractivity contribution >= 4 is 45.1 Å². The number of nitrogens with one attached hydrogen (secondary N) is 2.